The number of hydrogen-bond donors (Lipinski definition) is 1. The lowest BCUT2D eigenvalue weighted by Gasteiger charge is -2.02. The number of carbonyl (C=O) groups excluding carboxylic acids is 2. The fourth-order valence-electron chi connectivity index (χ4n) is 0.892. The van der Waals surface area contributed by atoms with E-state index < -0.39 is 5.97 Å². The Morgan fingerprint density at radius 1 is 1.67 bits per heavy atom. The normalized spacial score (nSPS) is 9.47. The number of hydrogen-bond acceptors (Lipinski definition) is 5. The van der Waals surface area contributed by atoms with Gasteiger partial charge in [-0.1, -0.05) is 11.6 Å². The van der Waals surface area contributed by atoms with E-state index in [9.17, 15) is 9.59 Å². The van der Waals surface area contributed by atoms with Gasteiger partial charge >= 0.3 is 5.97 Å². The lowest BCUT2D eigenvalue weighted by Crippen LogP contribution is -2.09. The lowest BCUT2D eigenvalue weighted by molar-refractivity contribution is -0.139. The summed E-state index contributed by atoms with van der Waals surface area (Å²) >= 11 is 5.65. The number of nitrogens with zero attached hydrogens (tertiary/aromatic N) is 2. The van der Waals surface area contributed by atoms with Crippen LogP contribution in [0.1, 0.15) is 5.69 Å². The molecule has 1 aromatic heterocycles. The molecule has 1 amide bonds. The standard InChI is InChI=1S/C8H8ClN3O3/c1-15-7(14)3-5-2-6(9)12-8(11-5)10-4-13/h2,4H,3H2,1H3,(H,10,11,12,13). The van der Waals surface area contributed by atoms with E-state index in [0.29, 0.717) is 12.1 Å². The Morgan fingerprint density at radius 3 is 3.00 bits per heavy atom. The summed E-state index contributed by atoms with van der Waals surface area (Å²) in [5.41, 5.74) is 0.381. The molecule has 0 aromatic carbocycles. The second-order valence-corrected chi connectivity index (χ2v) is 2.91. The Hall–Kier alpha value is -1.69. The van der Waals surface area contributed by atoms with Gasteiger partial charge in [0.25, 0.3) is 0 Å². The summed E-state index contributed by atoms with van der Waals surface area (Å²) in [4.78, 5) is 28.7. The van der Waals surface area contributed by atoms with Gasteiger partial charge in [0.2, 0.25) is 12.4 Å². The fourth-order valence-corrected chi connectivity index (χ4v) is 1.10. The molecule has 1 heterocycles. The van der Waals surface area contributed by atoms with Crippen molar-refractivity contribution in [1.82, 2.24) is 9.97 Å². The molecule has 0 aliphatic carbocycles. The van der Waals surface area contributed by atoms with Crippen LogP contribution in [0.3, 0.4) is 0 Å². The Balaban J connectivity index is 2.87. The highest BCUT2D eigenvalue weighted by molar-refractivity contribution is 6.29. The summed E-state index contributed by atoms with van der Waals surface area (Å²) in [6, 6.07) is 1.43. The van der Waals surface area contributed by atoms with Gasteiger partial charge in [-0.3, -0.25) is 14.9 Å². The quantitative estimate of drug-likeness (QED) is 0.460. The Bertz CT molecular complexity index is 383. The van der Waals surface area contributed by atoms with Gasteiger partial charge in [0.15, 0.2) is 0 Å². The molecule has 1 N–H and O–H groups in total. The zero-order valence-electron chi connectivity index (χ0n) is 7.86. The number of nitrogens with one attached hydrogen (secondary N) is 1. The molecular formula is C8H8ClN3O3. The SMILES string of the molecule is COC(=O)Cc1cc(Cl)nc(NC=O)n1. The van der Waals surface area contributed by atoms with Gasteiger partial charge in [0, 0.05) is 0 Å². The van der Waals surface area contributed by atoms with E-state index in [1.165, 1.54) is 13.2 Å². The first-order valence-corrected chi connectivity index (χ1v) is 4.34. The highest BCUT2D eigenvalue weighted by Crippen LogP contribution is 2.10. The van der Waals surface area contributed by atoms with Gasteiger partial charge in [-0.2, -0.15) is 0 Å². The molecule has 0 spiro atoms. The topological polar surface area (TPSA) is 81.2 Å². The first-order valence-electron chi connectivity index (χ1n) is 3.96. The van der Waals surface area contributed by atoms with Crippen LogP contribution in [0.25, 0.3) is 0 Å². The predicted molar refractivity (Wildman–Crippen MR) is 52.4 cm³/mol. The first-order chi connectivity index (χ1) is 7.15. The molecule has 0 radical (unpaired) electrons. The Labute approximate surface area is 90.6 Å². The van der Waals surface area contributed by atoms with E-state index >= 15 is 0 Å². The summed E-state index contributed by atoms with van der Waals surface area (Å²) in [5.74, 6) is -0.391. The maximum Gasteiger partial charge on any atom is 0.311 e. The van der Waals surface area contributed by atoms with Gasteiger partial charge in [0.1, 0.15) is 5.15 Å². The Morgan fingerprint density at radius 2 is 2.40 bits per heavy atom. The number of anilines is 1. The fraction of sp³-hybridized carbons (Fsp3) is 0.250. The van der Waals surface area contributed by atoms with Gasteiger partial charge in [-0.05, 0) is 6.07 Å². The number of carbonyl (C=O) groups is 2. The number of rotatable bonds is 4. The third kappa shape index (κ3) is 3.51. The van der Waals surface area contributed by atoms with E-state index in [-0.39, 0.29) is 17.5 Å². The summed E-state index contributed by atoms with van der Waals surface area (Å²) in [5, 5.41) is 2.39. The lowest BCUT2D eigenvalue weighted by atomic mass is 10.3. The second-order valence-electron chi connectivity index (χ2n) is 2.52. The zero-order chi connectivity index (χ0) is 11.3. The number of halogens is 1. The molecule has 0 fully saturated rings. The number of amides is 1. The van der Waals surface area contributed by atoms with Crippen LogP contribution in [0.2, 0.25) is 5.15 Å². The molecule has 0 atom stereocenters. The van der Waals surface area contributed by atoms with E-state index in [2.05, 4.69) is 20.0 Å². The van der Waals surface area contributed by atoms with Gasteiger partial charge in [-0.15, -0.1) is 0 Å². The monoisotopic (exact) mass is 229 g/mol. The average Bonchev–Trinajstić information content (AvgIpc) is 2.17. The van der Waals surface area contributed by atoms with E-state index in [1.807, 2.05) is 0 Å². The molecule has 1 aromatic rings. The smallest absolute Gasteiger partial charge is 0.311 e. The van der Waals surface area contributed by atoms with Crippen molar-refractivity contribution in [2.45, 2.75) is 6.42 Å². The van der Waals surface area contributed by atoms with Crippen molar-refractivity contribution in [3.05, 3.63) is 16.9 Å². The number of ether oxygens (including phenoxy) is 1. The molecular weight excluding hydrogens is 222 g/mol. The molecule has 7 heteroatoms. The molecule has 0 unspecified atom stereocenters. The van der Waals surface area contributed by atoms with Gasteiger partial charge in [-0.25, -0.2) is 9.97 Å². The molecule has 0 aliphatic heterocycles. The van der Waals surface area contributed by atoms with Crippen molar-refractivity contribution in [2.24, 2.45) is 0 Å². The average molecular weight is 230 g/mol. The van der Waals surface area contributed by atoms with Crippen LogP contribution < -0.4 is 5.32 Å². The van der Waals surface area contributed by atoms with Gasteiger partial charge in [0.05, 0.1) is 19.2 Å². The van der Waals surface area contributed by atoms with Crippen molar-refractivity contribution < 1.29 is 14.3 Å². The molecule has 0 bridgehead atoms. The highest BCUT2D eigenvalue weighted by Gasteiger charge is 2.07. The van der Waals surface area contributed by atoms with E-state index in [4.69, 9.17) is 11.6 Å². The zero-order valence-corrected chi connectivity index (χ0v) is 8.61. The molecule has 0 aliphatic rings. The van der Waals surface area contributed by atoms with Crippen LogP contribution in [-0.2, 0) is 20.7 Å². The van der Waals surface area contributed by atoms with Crippen LogP contribution in [0.4, 0.5) is 5.95 Å². The highest BCUT2D eigenvalue weighted by atomic mass is 35.5. The Kier molecular flexibility index (Phi) is 3.99. The molecule has 1 rings (SSSR count). The van der Waals surface area contributed by atoms with Crippen molar-refractivity contribution in [2.75, 3.05) is 12.4 Å². The van der Waals surface area contributed by atoms with Gasteiger partial charge < -0.3 is 4.74 Å². The molecule has 80 valence electrons. The molecule has 0 saturated heterocycles. The number of esters is 1. The third-order valence-corrected chi connectivity index (χ3v) is 1.68. The van der Waals surface area contributed by atoms with Crippen LogP contribution in [0.5, 0.6) is 0 Å². The van der Waals surface area contributed by atoms with Crippen LogP contribution >= 0.6 is 11.6 Å². The van der Waals surface area contributed by atoms with Crippen molar-refractivity contribution in [1.29, 1.82) is 0 Å². The third-order valence-electron chi connectivity index (χ3n) is 1.49. The summed E-state index contributed by atoms with van der Waals surface area (Å²) in [6.07, 6.45) is 0.403. The van der Waals surface area contributed by atoms with E-state index in [0.717, 1.165) is 0 Å². The minimum absolute atomic E-state index is 0.0216. The number of methoxy groups -OCH3 is 1. The summed E-state index contributed by atoms with van der Waals surface area (Å²) in [7, 11) is 1.27. The largest absolute Gasteiger partial charge is 0.469 e. The molecule has 0 saturated carbocycles. The van der Waals surface area contributed by atoms with Crippen molar-refractivity contribution in [3.63, 3.8) is 0 Å². The summed E-state index contributed by atoms with van der Waals surface area (Å²) in [6.45, 7) is 0. The van der Waals surface area contributed by atoms with E-state index in [1.54, 1.807) is 0 Å². The van der Waals surface area contributed by atoms with Crippen LogP contribution in [0.15, 0.2) is 6.07 Å². The second kappa shape index (κ2) is 5.26. The number of aromatic nitrogens is 2. The first kappa shape index (κ1) is 11.4. The molecule has 15 heavy (non-hydrogen) atoms. The molecule has 6 nitrogen and oxygen atoms in total. The minimum atomic E-state index is -0.443. The maximum absolute atomic E-state index is 10.9. The van der Waals surface area contributed by atoms with Crippen LogP contribution in [0, 0.1) is 0 Å². The maximum atomic E-state index is 10.9. The van der Waals surface area contributed by atoms with Crippen molar-refractivity contribution in [3.8, 4) is 0 Å². The minimum Gasteiger partial charge on any atom is -0.469 e. The predicted octanol–water partition coefficient (Wildman–Crippen LogP) is 0.414. The summed E-state index contributed by atoms with van der Waals surface area (Å²) < 4.78 is 4.46. The van der Waals surface area contributed by atoms with Crippen LogP contribution in [-0.4, -0.2) is 29.5 Å². The van der Waals surface area contributed by atoms with Crippen molar-refractivity contribution >= 4 is 29.9 Å².